The van der Waals surface area contributed by atoms with E-state index in [-0.39, 0.29) is 5.97 Å². The zero-order valence-electron chi connectivity index (χ0n) is 9.73. The van der Waals surface area contributed by atoms with Crippen LogP contribution in [0.3, 0.4) is 0 Å². The van der Waals surface area contributed by atoms with Crippen molar-refractivity contribution in [1.29, 1.82) is 0 Å². The molecule has 2 aromatic rings. The Hall–Kier alpha value is -1.35. The Morgan fingerprint density at radius 1 is 1.41 bits per heavy atom. The summed E-state index contributed by atoms with van der Waals surface area (Å²) in [5.74, 6) is 0.548. The van der Waals surface area contributed by atoms with Crippen LogP contribution in [0.1, 0.15) is 40.9 Å². The van der Waals surface area contributed by atoms with Crippen molar-refractivity contribution in [1.82, 2.24) is 0 Å². The molecule has 0 saturated heterocycles. The quantitative estimate of drug-likeness (QED) is 0.766. The van der Waals surface area contributed by atoms with Gasteiger partial charge in [-0.25, -0.2) is 4.79 Å². The third-order valence-electron chi connectivity index (χ3n) is 3.07. The minimum atomic E-state index is -0.207. The smallest absolute Gasteiger partial charge is 0.348 e. The first-order valence-electron chi connectivity index (χ1n) is 5.98. The molecule has 0 spiro atoms. The van der Waals surface area contributed by atoms with Crippen LogP contribution in [-0.4, -0.2) is 12.6 Å². The fourth-order valence-corrected chi connectivity index (χ4v) is 2.97. The topological polar surface area (TPSA) is 26.3 Å². The van der Waals surface area contributed by atoms with Crippen LogP contribution in [-0.2, 0) is 4.74 Å². The van der Waals surface area contributed by atoms with E-state index >= 15 is 0 Å². The molecule has 1 fully saturated rings. The summed E-state index contributed by atoms with van der Waals surface area (Å²) in [6, 6.07) is 8.47. The van der Waals surface area contributed by atoms with Crippen LogP contribution < -0.4 is 0 Å². The summed E-state index contributed by atoms with van der Waals surface area (Å²) in [6.07, 6.45) is 2.61. The molecule has 3 heteroatoms. The van der Waals surface area contributed by atoms with Crippen molar-refractivity contribution in [3.63, 3.8) is 0 Å². The van der Waals surface area contributed by atoms with Crippen molar-refractivity contribution < 1.29 is 9.53 Å². The third kappa shape index (κ3) is 2.07. The summed E-state index contributed by atoms with van der Waals surface area (Å²) in [4.78, 5) is 12.3. The molecule has 1 aliphatic rings. The molecule has 0 amide bonds. The highest BCUT2D eigenvalue weighted by Gasteiger charge is 2.23. The fraction of sp³-hybridized carbons (Fsp3) is 0.357. The molecule has 1 saturated carbocycles. The molecule has 0 bridgehead atoms. The molecule has 1 heterocycles. The van der Waals surface area contributed by atoms with E-state index in [0.29, 0.717) is 11.5 Å². The molecular weight excluding hydrogens is 232 g/mol. The third-order valence-corrected chi connectivity index (χ3v) is 4.16. The standard InChI is InChI=1S/C14H14O2S/c1-2-16-14(15)13-8-11-7-10(9-3-4-9)5-6-12(11)17-13/h5-9H,2-4H2,1H3. The number of rotatable bonds is 3. The van der Waals surface area contributed by atoms with Crippen LogP contribution in [0.5, 0.6) is 0 Å². The lowest BCUT2D eigenvalue weighted by Gasteiger charge is -1.96. The minimum absolute atomic E-state index is 0.207. The number of carbonyl (C=O) groups excluding carboxylic acids is 1. The molecule has 0 atom stereocenters. The molecule has 0 radical (unpaired) electrons. The van der Waals surface area contributed by atoms with Gasteiger partial charge in [-0.05, 0) is 48.8 Å². The first-order chi connectivity index (χ1) is 8.28. The lowest BCUT2D eigenvalue weighted by Crippen LogP contribution is -2.01. The Balaban J connectivity index is 1.97. The van der Waals surface area contributed by atoms with Gasteiger partial charge in [0.15, 0.2) is 0 Å². The average Bonchev–Trinajstić information content (AvgIpc) is 3.08. The van der Waals surface area contributed by atoms with E-state index in [0.717, 1.165) is 10.6 Å². The molecule has 88 valence electrons. The van der Waals surface area contributed by atoms with Crippen LogP contribution in [0.2, 0.25) is 0 Å². The number of ether oxygens (including phenoxy) is 1. The Kier molecular flexibility index (Phi) is 2.63. The number of hydrogen-bond donors (Lipinski definition) is 0. The molecule has 17 heavy (non-hydrogen) atoms. The number of fused-ring (bicyclic) bond motifs is 1. The Bertz CT molecular complexity index is 567. The minimum Gasteiger partial charge on any atom is -0.462 e. The predicted molar refractivity (Wildman–Crippen MR) is 69.8 cm³/mol. The van der Waals surface area contributed by atoms with E-state index in [9.17, 15) is 4.79 Å². The van der Waals surface area contributed by atoms with Crippen molar-refractivity contribution >= 4 is 27.4 Å². The van der Waals surface area contributed by atoms with Crippen LogP contribution in [0.4, 0.5) is 0 Å². The molecule has 0 N–H and O–H groups in total. The van der Waals surface area contributed by atoms with E-state index in [2.05, 4.69) is 18.2 Å². The second-order valence-electron chi connectivity index (χ2n) is 4.40. The van der Waals surface area contributed by atoms with Crippen LogP contribution in [0.15, 0.2) is 24.3 Å². The first kappa shape index (κ1) is 10.8. The molecule has 1 aromatic heterocycles. The van der Waals surface area contributed by atoms with Gasteiger partial charge in [0.25, 0.3) is 0 Å². The zero-order chi connectivity index (χ0) is 11.8. The number of benzene rings is 1. The summed E-state index contributed by atoms with van der Waals surface area (Å²) in [5, 5.41) is 1.17. The highest BCUT2D eigenvalue weighted by molar-refractivity contribution is 7.20. The molecule has 3 rings (SSSR count). The van der Waals surface area contributed by atoms with Crippen molar-refractivity contribution in [3.8, 4) is 0 Å². The summed E-state index contributed by atoms with van der Waals surface area (Å²) in [6.45, 7) is 2.26. The predicted octanol–water partition coefficient (Wildman–Crippen LogP) is 3.96. The lowest BCUT2D eigenvalue weighted by atomic mass is 10.1. The van der Waals surface area contributed by atoms with Gasteiger partial charge in [-0.3, -0.25) is 0 Å². The highest BCUT2D eigenvalue weighted by Crippen LogP contribution is 2.41. The van der Waals surface area contributed by atoms with Gasteiger partial charge in [-0.2, -0.15) is 0 Å². The molecular formula is C14H14O2S. The van der Waals surface area contributed by atoms with Gasteiger partial charge in [-0.15, -0.1) is 11.3 Å². The highest BCUT2D eigenvalue weighted by atomic mass is 32.1. The van der Waals surface area contributed by atoms with E-state index in [1.54, 1.807) is 0 Å². The van der Waals surface area contributed by atoms with Crippen molar-refractivity contribution in [2.75, 3.05) is 6.61 Å². The van der Waals surface area contributed by atoms with Crippen LogP contribution in [0.25, 0.3) is 10.1 Å². The number of esters is 1. The lowest BCUT2D eigenvalue weighted by molar-refractivity contribution is 0.0532. The van der Waals surface area contributed by atoms with Gasteiger partial charge < -0.3 is 4.74 Å². The molecule has 0 unspecified atom stereocenters. The van der Waals surface area contributed by atoms with E-state index < -0.39 is 0 Å². The number of hydrogen-bond acceptors (Lipinski definition) is 3. The molecule has 1 aliphatic carbocycles. The maximum Gasteiger partial charge on any atom is 0.348 e. The van der Waals surface area contributed by atoms with Gasteiger partial charge in [0, 0.05) is 4.70 Å². The Labute approximate surface area is 104 Å². The van der Waals surface area contributed by atoms with Crippen LogP contribution >= 0.6 is 11.3 Å². The largest absolute Gasteiger partial charge is 0.462 e. The summed E-state index contributed by atoms with van der Waals surface area (Å²) < 4.78 is 6.18. The normalized spacial score (nSPS) is 15.1. The van der Waals surface area contributed by atoms with Gasteiger partial charge in [-0.1, -0.05) is 12.1 Å². The van der Waals surface area contributed by atoms with Gasteiger partial charge in [0.05, 0.1) is 6.61 Å². The van der Waals surface area contributed by atoms with Crippen LogP contribution in [0, 0.1) is 0 Å². The monoisotopic (exact) mass is 246 g/mol. The van der Waals surface area contributed by atoms with Crippen molar-refractivity contribution in [3.05, 3.63) is 34.7 Å². The van der Waals surface area contributed by atoms with E-state index in [1.807, 2.05) is 13.0 Å². The second-order valence-corrected chi connectivity index (χ2v) is 5.49. The zero-order valence-corrected chi connectivity index (χ0v) is 10.5. The first-order valence-corrected chi connectivity index (χ1v) is 6.80. The maximum absolute atomic E-state index is 11.6. The Morgan fingerprint density at radius 3 is 2.94 bits per heavy atom. The maximum atomic E-state index is 11.6. The molecule has 0 aliphatic heterocycles. The summed E-state index contributed by atoms with van der Waals surface area (Å²) in [7, 11) is 0. The molecule has 2 nitrogen and oxygen atoms in total. The summed E-state index contributed by atoms with van der Waals surface area (Å²) >= 11 is 1.51. The van der Waals surface area contributed by atoms with Gasteiger partial charge in [0.1, 0.15) is 4.88 Å². The van der Waals surface area contributed by atoms with E-state index in [1.165, 1.54) is 35.1 Å². The second kappa shape index (κ2) is 4.15. The number of thiophene rings is 1. The number of carbonyl (C=O) groups is 1. The van der Waals surface area contributed by atoms with Crippen molar-refractivity contribution in [2.45, 2.75) is 25.7 Å². The van der Waals surface area contributed by atoms with Gasteiger partial charge in [0.2, 0.25) is 0 Å². The summed E-state index contributed by atoms with van der Waals surface area (Å²) in [5.41, 5.74) is 1.41. The SMILES string of the molecule is CCOC(=O)c1cc2cc(C3CC3)ccc2s1. The molecule has 1 aromatic carbocycles. The van der Waals surface area contributed by atoms with Gasteiger partial charge >= 0.3 is 5.97 Å². The fourth-order valence-electron chi connectivity index (χ4n) is 2.04. The van der Waals surface area contributed by atoms with Crippen molar-refractivity contribution in [2.24, 2.45) is 0 Å². The van der Waals surface area contributed by atoms with E-state index in [4.69, 9.17) is 4.74 Å². The Morgan fingerprint density at radius 2 is 2.24 bits per heavy atom. The average molecular weight is 246 g/mol.